The van der Waals surface area contributed by atoms with Gasteiger partial charge in [-0.1, -0.05) is 24.3 Å². The molecule has 1 aromatic heterocycles. The van der Waals surface area contributed by atoms with Gasteiger partial charge >= 0.3 is 0 Å². The first-order valence-electron chi connectivity index (χ1n) is 6.29. The van der Waals surface area contributed by atoms with Crippen molar-refractivity contribution in [3.05, 3.63) is 64.3 Å². The summed E-state index contributed by atoms with van der Waals surface area (Å²) < 4.78 is 1.60. The van der Waals surface area contributed by atoms with E-state index in [2.05, 4.69) is 11.2 Å². The van der Waals surface area contributed by atoms with Crippen LogP contribution in [0.15, 0.2) is 48.5 Å². The topological polar surface area (TPSA) is 84.8 Å². The number of benzene rings is 2. The molecule has 0 N–H and O–H groups in total. The molecule has 0 saturated carbocycles. The average Bonchev–Trinajstić information content (AvgIpc) is 2.87. The Morgan fingerprint density at radius 3 is 2.81 bits per heavy atom. The number of nitro groups is 1. The Morgan fingerprint density at radius 2 is 2.05 bits per heavy atom. The third kappa shape index (κ3) is 2.21. The van der Waals surface area contributed by atoms with Crippen LogP contribution in [0.25, 0.3) is 16.6 Å². The first kappa shape index (κ1) is 12.8. The molecule has 0 radical (unpaired) electrons. The monoisotopic (exact) mass is 278 g/mol. The lowest BCUT2D eigenvalue weighted by molar-refractivity contribution is -0.384. The Hall–Kier alpha value is -3.20. The molecular formula is C15H10N4O2. The lowest BCUT2D eigenvalue weighted by Gasteiger charge is -2.05. The van der Waals surface area contributed by atoms with E-state index in [0.717, 1.165) is 16.6 Å². The van der Waals surface area contributed by atoms with Gasteiger partial charge in [0.2, 0.25) is 0 Å². The van der Waals surface area contributed by atoms with E-state index in [9.17, 15) is 10.1 Å². The van der Waals surface area contributed by atoms with Gasteiger partial charge in [0, 0.05) is 17.5 Å². The van der Waals surface area contributed by atoms with Crippen molar-refractivity contribution in [1.29, 1.82) is 5.26 Å². The number of fused-ring (bicyclic) bond motifs is 1. The molecular weight excluding hydrogens is 268 g/mol. The van der Waals surface area contributed by atoms with Crippen LogP contribution in [0.4, 0.5) is 5.69 Å². The lowest BCUT2D eigenvalue weighted by Crippen LogP contribution is -2.02. The van der Waals surface area contributed by atoms with Gasteiger partial charge in [-0.25, -0.2) is 4.68 Å². The van der Waals surface area contributed by atoms with Crippen LogP contribution in [-0.4, -0.2) is 14.7 Å². The molecule has 6 heteroatoms. The fraction of sp³-hybridized carbons (Fsp3) is 0.0667. The van der Waals surface area contributed by atoms with Crippen LogP contribution in [-0.2, 0) is 6.42 Å². The summed E-state index contributed by atoms with van der Waals surface area (Å²) in [5, 5.41) is 25.2. The van der Waals surface area contributed by atoms with E-state index in [4.69, 9.17) is 5.26 Å². The van der Waals surface area contributed by atoms with Crippen LogP contribution in [0.3, 0.4) is 0 Å². The summed E-state index contributed by atoms with van der Waals surface area (Å²) >= 11 is 0. The minimum Gasteiger partial charge on any atom is -0.258 e. The molecule has 0 aliphatic rings. The van der Waals surface area contributed by atoms with Crippen molar-refractivity contribution in [2.45, 2.75) is 6.42 Å². The maximum atomic E-state index is 10.9. The Labute approximate surface area is 120 Å². The molecule has 102 valence electrons. The standard InChI is InChI=1S/C15H10N4O2/c16-9-8-15-13-6-1-2-7-14(13)17-18(15)11-4-3-5-12(10-11)19(20)21/h1-7,10H,8H2. The van der Waals surface area contributed by atoms with Gasteiger partial charge in [-0.2, -0.15) is 10.4 Å². The van der Waals surface area contributed by atoms with Crippen molar-refractivity contribution in [1.82, 2.24) is 9.78 Å². The molecule has 3 rings (SSSR count). The highest BCUT2D eigenvalue weighted by Crippen LogP contribution is 2.24. The predicted octanol–water partition coefficient (Wildman–Crippen LogP) is 3.00. The van der Waals surface area contributed by atoms with Gasteiger partial charge in [0.25, 0.3) is 5.69 Å². The first-order chi connectivity index (χ1) is 10.2. The van der Waals surface area contributed by atoms with E-state index >= 15 is 0 Å². The highest BCUT2D eigenvalue weighted by molar-refractivity contribution is 5.82. The van der Waals surface area contributed by atoms with Crippen LogP contribution >= 0.6 is 0 Å². The number of rotatable bonds is 3. The van der Waals surface area contributed by atoms with E-state index in [0.29, 0.717) is 5.69 Å². The van der Waals surface area contributed by atoms with E-state index in [1.807, 2.05) is 24.3 Å². The van der Waals surface area contributed by atoms with Crippen molar-refractivity contribution >= 4 is 16.6 Å². The molecule has 0 atom stereocenters. The van der Waals surface area contributed by atoms with Crippen molar-refractivity contribution in [2.24, 2.45) is 0 Å². The highest BCUT2D eigenvalue weighted by Gasteiger charge is 2.14. The van der Waals surface area contributed by atoms with Crippen molar-refractivity contribution in [3.8, 4) is 11.8 Å². The normalized spacial score (nSPS) is 10.4. The number of hydrogen-bond donors (Lipinski definition) is 0. The third-order valence-corrected chi connectivity index (χ3v) is 3.21. The Bertz CT molecular complexity index is 877. The number of nitriles is 1. The fourth-order valence-electron chi connectivity index (χ4n) is 2.28. The number of nitro benzene ring substituents is 1. The van der Waals surface area contributed by atoms with Crippen LogP contribution in [0.1, 0.15) is 5.69 Å². The Balaban J connectivity index is 2.24. The molecule has 21 heavy (non-hydrogen) atoms. The van der Waals surface area contributed by atoms with Gasteiger partial charge in [0.05, 0.1) is 34.3 Å². The number of non-ortho nitro benzene ring substituents is 1. The van der Waals surface area contributed by atoms with E-state index in [1.165, 1.54) is 12.1 Å². The summed E-state index contributed by atoms with van der Waals surface area (Å²) in [7, 11) is 0. The molecule has 0 bridgehead atoms. The Morgan fingerprint density at radius 1 is 1.24 bits per heavy atom. The largest absolute Gasteiger partial charge is 0.271 e. The quantitative estimate of drug-likeness (QED) is 0.544. The second-order valence-electron chi connectivity index (χ2n) is 4.49. The summed E-state index contributed by atoms with van der Waals surface area (Å²) in [5.74, 6) is 0. The SMILES string of the molecule is N#CCc1c2ccccc2nn1-c1cccc([N+](=O)[O-])c1. The molecule has 1 heterocycles. The summed E-state index contributed by atoms with van der Waals surface area (Å²) in [6.07, 6.45) is 0.184. The Kier molecular flexibility index (Phi) is 3.09. The second-order valence-corrected chi connectivity index (χ2v) is 4.49. The van der Waals surface area contributed by atoms with E-state index in [-0.39, 0.29) is 12.1 Å². The van der Waals surface area contributed by atoms with Crippen molar-refractivity contribution in [3.63, 3.8) is 0 Å². The van der Waals surface area contributed by atoms with Crippen LogP contribution < -0.4 is 0 Å². The molecule has 0 fully saturated rings. The fourth-order valence-corrected chi connectivity index (χ4v) is 2.28. The molecule has 3 aromatic rings. The zero-order chi connectivity index (χ0) is 14.8. The van der Waals surface area contributed by atoms with Gasteiger partial charge in [0.15, 0.2) is 0 Å². The minimum atomic E-state index is -0.448. The molecule has 0 spiro atoms. The van der Waals surface area contributed by atoms with Crippen LogP contribution in [0.5, 0.6) is 0 Å². The number of hydrogen-bond acceptors (Lipinski definition) is 4. The van der Waals surface area contributed by atoms with E-state index in [1.54, 1.807) is 16.8 Å². The van der Waals surface area contributed by atoms with Crippen LogP contribution in [0.2, 0.25) is 0 Å². The van der Waals surface area contributed by atoms with E-state index < -0.39 is 4.92 Å². The first-order valence-corrected chi connectivity index (χ1v) is 6.29. The third-order valence-electron chi connectivity index (χ3n) is 3.21. The zero-order valence-corrected chi connectivity index (χ0v) is 10.9. The van der Waals surface area contributed by atoms with Gasteiger partial charge < -0.3 is 0 Å². The van der Waals surface area contributed by atoms with Gasteiger partial charge in [-0.15, -0.1) is 0 Å². The average molecular weight is 278 g/mol. The number of aromatic nitrogens is 2. The summed E-state index contributed by atoms with van der Waals surface area (Å²) in [6.45, 7) is 0. The summed E-state index contributed by atoms with van der Waals surface area (Å²) in [5.41, 5.74) is 2.06. The second kappa shape index (κ2) is 5.06. The molecule has 2 aromatic carbocycles. The molecule has 0 aliphatic carbocycles. The molecule has 0 aliphatic heterocycles. The van der Waals surface area contributed by atoms with Crippen molar-refractivity contribution in [2.75, 3.05) is 0 Å². The van der Waals surface area contributed by atoms with Gasteiger partial charge in [0.1, 0.15) is 0 Å². The highest BCUT2D eigenvalue weighted by atomic mass is 16.6. The smallest absolute Gasteiger partial charge is 0.258 e. The van der Waals surface area contributed by atoms with Gasteiger partial charge in [-0.05, 0) is 12.1 Å². The lowest BCUT2D eigenvalue weighted by atomic mass is 10.1. The maximum Gasteiger partial charge on any atom is 0.271 e. The van der Waals surface area contributed by atoms with Crippen molar-refractivity contribution < 1.29 is 4.92 Å². The summed E-state index contributed by atoms with van der Waals surface area (Å²) in [6, 6.07) is 15.8. The number of nitrogens with zero attached hydrogens (tertiary/aromatic N) is 4. The predicted molar refractivity (Wildman–Crippen MR) is 77.0 cm³/mol. The molecule has 0 saturated heterocycles. The maximum absolute atomic E-state index is 10.9. The summed E-state index contributed by atoms with van der Waals surface area (Å²) in [4.78, 5) is 10.4. The minimum absolute atomic E-state index is 0.00466. The van der Waals surface area contributed by atoms with Crippen LogP contribution in [0, 0.1) is 21.4 Å². The zero-order valence-electron chi connectivity index (χ0n) is 10.9. The van der Waals surface area contributed by atoms with Gasteiger partial charge in [-0.3, -0.25) is 10.1 Å². The molecule has 0 amide bonds. The molecule has 6 nitrogen and oxygen atoms in total. The molecule has 0 unspecified atom stereocenters.